The zero-order chi connectivity index (χ0) is 20.5. The van der Waals surface area contributed by atoms with Crippen LogP contribution in [0.3, 0.4) is 0 Å². The maximum Gasteiger partial charge on any atom is 0.410 e. The van der Waals surface area contributed by atoms with E-state index in [9.17, 15) is 9.59 Å². The van der Waals surface area contributed by atoms with Crippen molar-refractivity contribution >= 4 is 12.1 Å². The number of nitrogens with zero attached hydrogens (tertiary/aromatic N) is 1. The summed E-state index contributed by atoms with van der Waals surface area (Å²) in [5.74, 6) is -0.0352. The van der Waals surface area contributed by atoms with Crippen molar-refractivity contribution in [3.05, 3.63) is 0 Å². The minimum atomic E-state index is -0.577. The average Bonchev–Trinajstić information content (AvgIpc) is 2.63. The first-order valence-electron chi connectivity index (χ1n) is 11.0. The Morgan fingerprint density at radius 2 is 1.33 bits per heavy atom. The molecule has 0 aromatic rings. The highest BCUT2D eigenvalue weighted by Crippen LogP contribution is 2.14. The van der Waals surface area contributed by atoms with Crippen LogP contribution >= 0.6 is 0 Å². The monoisotopic (exact) mass is 385 g/mol. The molecular formula is C22H43NO4. The van der Waals surface area contributed by atoms with E-state index in [0.717, 1.165) is 12.8 Å². The third-order valence-corrected chi connectivity index (χ3v) is 4.73. The molecule has 0 rings (SSSR count). The van der Waals surface area contributed by atoms with Crippen LogP contribution in [0.5, 0.6) is 0 Å². The summed E-state index contributed by atoms with van der Waals surface area (Å²) < 4.78 is 10.4. The van der Waals surface area contributed by atoms with Crippen molar-refractivity contribution < 1.29 is 19.1 Å². The number of hydrogen-bond acceptors (Lipinski definition) is 4. The van der Waals surface area contributed by atoms with Gasteiger partial charge >= 0.3 is 12.1 Å². The van der Waals surface area contributed by atoms with Crippen molar-refractivity contribution in [1.29, 1.82) is 0 Å². The summed E-state index contributed by atoms with van der Waals surface area (Å²) in [7, 11) is 1.60. The number of carbonyl (C=O) groups is 2. The number of likely N-dealkylation sites (N-methyl/N-ethyl adjacent to an activating group) is 1. The van der Waals surface area contributed by atoms with Gasteiger partial charge in [0.05, 0.1) is 13.2 Å². The van der Waals surface area contributed by atoms with Gasteiger partial charge in [0.25, 0.3) is 0 Å². The van der Waals surface area contributed by atoms with Crippen LogP contribution in [-0.2, 0) is 14.3 Å². The number of amides is 1. The number of rotatable bonds is 16. The van der Waals surface area contributed by atoms with Crippen molar-refractivity contribution in [3.63, 3.8) is 0 Å². The molecule has 0 saturated heterocycles. The van der Waals surface area contributed by atoms with Crippen molar-refractivity contribution in [2.24, 2.45) is 5.92 Å². The van der Waals surface area contributed by atoms with E-state index in [4.69, 9.17) is 9.47 Å². The normalized spacial score (nSPS) is 12.1. The first-order chi connectivity index (χ1) is 12.9. The van der Waals surface area contributed by atoms with Crippen LogP contribution < -0.4 is 0 Å². The summed E-state index contributed by atoms with van der Waals surface area (Å²) in [6.07, 6.45) is 12.6. The maximum absolute atomic E-state index is 12.4. The van der Waals surface area contributed by atoms with Gasteiger partial charge in [-0.2, -0.15) is 0 Å². The maximum atomic E-state index is 12.4. The summed E-state index contributed by atoms with van der Waals surface area (Å²) >= 11 is 0. The van der Waals surface area contributed by atoms with Crippen LogP contribution in [0.2, 0.25) is 0 Å². The SMILES string of the molecule is CCCCCCCCCCCCOC(=O)C(CC(C)C)N(C)C(=O)OCC. The van der Waals surface area contributed by atoms with Gasteiger partial charge in [-0.1, -0.05) is 78.6 Å². The Balaban J connectivity index is 3.98. The van der Waals surface area contributed by atoms with E-state index in [1.807, 2.05) is 13.8 Å². The van der Waals surface area contributed by atoms with E-state index in [1.54, 1.807) is 14.0 Å². The molecule has 0 aliphatic carbocycles. The van der Waals surface area contributed by atoms with Crippen LogP contribution in [0.25, 0.3) is 0 Å². The van der Waals surface area contributed by atoms with Gasteiger partial charge in [-0.3, -0.25) is 4.90 Å². The Morgan fingerprint density at radius 3 is 1.81 bits per heavy atom. The molecule has 0 aromatic carbocycles. The van der Waals surface area contributed by atoms with E-state index >= 15 is 0 Å². The molecule has 0 aromatic heterocycles. The molecule has 0 radical (unpaired) electrons. The molecule has 0 saturated carbocycles. The molecule has 5 nitrogen and oxygen atoms in total. The minimum Gasteiger partial charge on any atom is -0.464 e. The smallest absolute Gasteiger partial charge is 0.410 e. The Labute approximate surface area is 167 Å². The summed E-state index contributed by atoms with van der Waals surface area (Å²) in [5, 5.41) is 0. The number of esters is 1. The predicted octanol–water partition coefficient (Wildman–Crippen LogP) is 5.95. The standard InChI is InChI=1S/C22H43NO4/c1-6-8-9-10-11-12-13-14-15-16-17-27-21(24)20(18-19(3)4)23(5)22(25)26-7-2/h19-20H,6-18H2,1-5H3. The summed E-state index contributed by atoms with van der Waals surface area (Å²) in [4.78, 5) is 25.7. The Kier molecular flexibility index (Phi) is 16.1. The molecule has 0 bridgehead atoms. The minimum absolute atomic E-state index is 0.289. The molecule has 0 aliphatic heterocycles. The van der Waals surface area contributed by atoms with Crippen molar-refractivity contribution in [2.45, 2.75) is 104 Å². The number of hydrogen-bond donors (Lipinski definition) is 0. The highest BCUT2D eigenvalue weighted by atomic mass is 16.6. The fourth-order valence-corrected chi connectivity index (χ4v) is 3.07. The van der Waals surface area contributed by atoms with Gasteiger partial charge in [0, 0.05) is 7.05 Å². The highest BCUT2D eigenvalue weighted by Gasteiger charge is 2.29. The van der Waals surface area contributed by atoms with Crippen LogP contribution in [0.1, 0.15) is 98.3 Å². The topological polar surface area (TPSA) is 55.8 Å². The Hall–Kier alpha value is -1.26. The first-order valence-corrected chi connectivity index (χ1v) is 11.0. The van der Waals surface area contributed by atoms with Crippen molar-refractivity contribution in [2.75, 3.05) is 20.3 Å². The second-order valence-electron chi connectivity index (χ2n) is 7.80. The molecule has 0 aliphatic rings. The molecule has 0 fully saturated rings. The molecule has 0 N–H and O–H groups in total. The van der Waals surface area contributed by atoms with Crippen LogP contribution in [0.15, 0.2) is 0 Å². The van der Waals surface area contributed by atoms with Gasteiger partial charge in [-0.25, -0.2) is 9.59 Å². The molecule has 0 spiro atoms. The zero-order valence-corrected chi connectivity index (χ0v) is 18.4. The van der Waals surface area contributed by atoms with Crippen molar-refractivity contribution in [3.8, 4) is 0 Å². The van der Waals surface area contributed by atoms with Crippen LogP contribution in [-0.4, -0.2) is 43.3 Å². The lowest BCUT2D eigenvalue weighted by atomic mass is 10.0. The zero-order valence-electron chi connectivity index (χ0n) is 18.4. The molecule has 27 heavy (non-hydrogen) atoms. The molecule has 1 unspecified atom stereocenters. The van der Waals surface area contributed by atoms with E-state index in [1.165, 1.54) is 56.3 Å². The van der Waals surface area contributed by atoms with Crippen molar-refractivity contribution in [1.82, 2.24) is 4.90 Å². The Bertz CT molecular complexity index is 385. The Morgan fingerprint density at radius 1 is 0.815 bits per heavy atom. The summed E-state index contributed by atoms with van der Waals surface area (Å²) in [6, 6.07) is -0.577. The molecule has 1 amide bonds. The van der Waals surface area contributed by atoms with E-state index < -0.39 is 12.1 Å². The predicted molar refractivity (Wildman–Crippen MR) is 111 cm³/mol. The molecule has 160 valence electrons. The van der Waals surface area contributed by atoms with E-state index in [-0.39, 0.29) is 11.9 Å². The number of unbranched alkanes of at least 4 members (excludes halogenated alkanes) is 9. The van der Waals surface area contributed by atoms with Gasteiger partial charge < -0.3 is 9.47 Å². The quantitative estimate of drug-likeness (QED) is 0.243. The van der Waals surface area contributed by atoms with Gasteiger partial charge in [0.2, 0.25) is 0 Å². The van der Waals surface area contributed by atoms with Gasteiger partial charge in [0.15, 0.2) is 0 Å². The number of carbonyl (C=O) groups excluding carboxylic acids is 2. The lowest BCUT2D eigenvalue weighted by molar-refractivity contribution is -0.149. The van der Waals surface area contributed by atoms with E-state index in [2.05, 4.69) is 6.92 Å². The molecular weight excluding hydrogens is 342 g/mol. The van der Waals surface area contributed by atoms with Gasteiger partial charge in [-0.05, 0) is 25.7 Å². The van der Waals surface area contributed by atoms with Crippen LogP contribution in [0, 0.1) is 5.92 Å². The second kappa shape index (κ2) is 16.9. The average molecular weight is 386 g/mol. The molecule has 0 heterocycles. The molecule has 1 atom stereocenters. The third kappa shape index (κ3) is 13.5. The fraction of sp³-hybridized carbons (Fsp3) is 0.909. The lowest BCUT2D eigenvalue weighted by Crippen LogP contribution is -2.44. The summed E-state index contributed by atoms with van der Waals surface area (Å²) in [5.41, 5.74) is 0. The third-order valence-electron chi connectivity index (χ3n) is 4.73. The lowest BCUT2D eigenvalue weighted by Gasteiger charge is -2.27. The number of ether oxygens (including phenoxy) is 2. The second-order valence-corrected chi connectivity index (χ2v) is 7.80. The fourth-order valence-electron chi connectivity index (χ4n) is 3.07. The largest absolute Gasteiger partial charge is 0.464 e. The highest BCUT2D eigenvalue weighted by molar-refractivity contribution is 5.81. The first kappa shape index (κ1) is 25.7. The van der Waals surface area contributed by atoms with Crippen LogP contribution in [0.4, 0.5) is 4.79 Å². The van der Waals surface area contributed by atoms with Gasteiger partial charge in [-0.15, -0.1) is 0 Å². The molecule has 5 heteroatoms. The van der Waals surface area contributed by atoms with E-state index in [0.29, 0.717) is 19.6 Å². The summed E-state index contributed by atoms with van der Waals surface area (Å²) in [6.45, 7) is 8.79. The van der Waals surface area contributed by atoms with Gasteiger partial charge in [0.1, 0.15) is 6.04 Å².